The molecule has 0 aliphatic rings. The molecule has 0 saturated carbocycles. The molecule has 23 heavy (non-hydrogen) atoms. The van der Waals surface area contributed by atoms with Crippen LogP contribution in [0, 0.1) is 0 Å². The number of rotatable bonds is 8. The van der Waals surface area contributed by atoms with Crippen molar-refractivity contribution in [3.05, 3.63) is 35.1 Å². The summed E-state index contributed by atoms with van der Waals surface area (Å²) in [5.41, 5.74) is -0.331. The maximum atomic E-state index is 12.1. The quantitative estimate of drug-likeness (QED) is 0.730. The van der Waals surface area contributed by atoms with Gasteiger partial charge in [0, 0.05) is 12.1 Å². The van der Waals surface area contributed by atoms with E-state index in [9.17, 15) is 9.59 Å². The van der Waals surface area contributed by atoms with Gasteiger partial charge in [-0.2, -0.15) is 5.10 Å². The molecular formula is C15H22N6O2. The van der Waals surface area contributed by atoms with Crippen LogP contribution in [0.4, 0.5) is 0 Å². The highest BCUT2D eigenvalue weighted by Gasteiger charge is 2.10. The first-order chi connectivity index (χ1) is 11.1. The van der Waals surface area contributed by atoms with E-state index in [4.69, 9.17) is 0 Å². The summed E-state index contributed by atoms with van der Waals surface area (Å²) in [7, 11) is 0. The van der Waals surface area contributed by atoms with E-state index in [-0.39, 0.29) is 24.1 Å². The predicted molar refractivity (Wildman–Crippen MR) is 85.2 cm³/mol. The zero-order chi connectivity index (χ0) is 16.7. The Morgan fingerprint density at radius 2 is 2.17 bits per heavy atom. The van der Waals surface area contributed by atoms with Crippen LogP contribution >= 0.6 is 0 Å². The highest BCUT2D eigenvalue weighted by Crippen LogP contribution is 2.03. The van der Waals surface area contributed by atoms with E-state index in [2.05, 4.69) is 27.4 Å². The summed E-state index contributed by atoms with van der Waals surface area (Å²) in [4.78, 5) is 27.7. The Hall–Kier alpha value is -2.51. The lowest BCUT2D eigenvalue weighted by Gasteiger charge is -2.14. The lowest BCUT2D eigenvalue weighted by atomic mass is 10.1. The normalized spacial score (nSPS) is 12.1. The lowest BCUT2D eigenvalue weighted by molar-refractivity contribution is -0.122. The zero-order valence-electron chi connectivity index (χ0n) is 13.5. The standard InChI is InChI=1S/C15H22N6O2/c1-3-4-5-6-12(2)18-14(22)9-20-15(23)8-7-13(19-20)21-11-16-10-17-21/h7-8,10-12H,3-6,9H2,1-2H3,(H,18,22)/t12-/m0/s1. The molecular weight excluding hydrogens is 296 g/mol. The molecule has 0 aromatic carbocycles. The maximum absolute atomic E-state index is 12.1. The summed E-state index contributed by atoms with van der Waals surface area (Å²) in [6.45, 7) is 4.00. The fraction of sp³-hybridized carbons (Fsp3) is 0.533. The number of amides is 1. The molecule has 0 fully saturated rings. The number of nitrogens with one attached hydrogen (secondary N) is 1. The van der Waals surface area contributed by atoms with E-state index in [1.807, 2.05) is 6.92 Å². The summed E-state index contributed by atoms with van der Waals surface area (Å²) < 4.78 is 2.56. The van der Waals surface area contributed by atoms with Crippen LogP contribution in [0.2, 0.25) is 0 Å². The van der Waals surface area contributed by atoms with Gasteiger partial charge in [-0.15, -0.1) is 5.10 Å². The van der Waals surface area contributed by atoms with Crippen LogP contribution in [0.1, 0.15) is 39.5 Å². The SMILES string of the molecule is CCCCC[C@H](C)NC(=O)Cn1nc(-n2cncn2)ccc1=O. The van der Waals surface area contributed by atoms with Crippen LogP contribution in [-0.2, 0) is 11.3 Å². The van der Waals surface area contributed by atoms with Crippen molar-refractivity contribution >= 4 is 5.91 Å². The van der Waals surface area contributed by atoms with Gasteiger partial charge in [0.15, 0.2) is 5.82 Å². The van der Waals surface area contributed by atoms with Gasteiger partial charge in [-0.25, -0.2) is 14.3 Å². The van der Waals surface area contributed by atoms with Gasteiger partial charge in [-0.3, -0.25) is 9.59 Å². The van der Waals surface area contributed by atoms with Crippen molar-refractivity contribution in [1.82, 2.24) is 29.9 Å². The molecule has 0 radical (unpaired) electrons. The number of unbranched alkanes of at least 4 members (excludes halogenated alkanes) is 2. The summed E-state index contributed by atoms with van der Waals surface area (Å²) in [6, 6.07) is 2.99. The first-order valence-corrected chi connectivity index (χ1v) is 7.82. The Labute approximate surface area is 134 Å². The predicted octanol–water partition coefficient (Wildman–Crippen LogP) is 0.909. The Morgan fingerprint density at radius 1 is 1.35 bits per heavy atom. The molecule has 1 N–H and O–H groups in total. The smallest absolute Gasteiger partial charge is 0.267 e. The van der Waals surface area contributed by atoms with Gasteiger partial charge >= 0.3 is 0 Å². The van der Waals surface area contributed by atoms with Crippen LogP contribution in [0.25, 0.3) is 5.82 Å². The van der Waals surface area contributed by atoms with Gasteiger partial charge < -0.3 is 5.32 Å². The Morgan fingerprint density at radius 3 is 2.87 bits per heavy atom. The Bertz CT molecular complexity index is 680. The lowest BCUT2D eigenvalue weighted by Crippen LogP contribution is -2.38. The van der Waals surface area contributed by atoms with Gasteiger partial charge in [0.05, 0.1) is 0 Å². The van der Waals surface area contributed by atoms with Gasteiger partial charge in [-0.05, 0) is 19.4 Å². The summed E-state index contributed by atoms with van der Waals surface area (Å²) >= 11 is 0. The van der Waals surface area contributed by atoms with E-state index < -0.39 is 0 Å². The Kier molecular flexibility index (Phi) is 6.02. The van der Waals surface area contributed by atoms with Crippen LogP contribution in [0.15, 0.2) is 29.6 Å². The van der Waals surface area contributed by atoms with Crippen molar-refractivity contribution in [1.29, 1.82) is 0 Å². The molecule has 8 nitrogen and oxygen atoms in total. The van der Waals surface area contributed by atoms with Crippen LogP contribution < -0.4 is 10.9 Å². The second-order valence-corrected chi connectivity index (χ2v) is 5.49. The highest BCUT2D eigenvalue weighted by molar-refractivity contribution is 5.75. The number of aromatic nitrogens is 5. The van der Waals surface area contributed by atoms with Gasteiger partial charge in [0.25, 0.3) is 5.56 Å². The molecule has 1 atom stereocenters. The van der Waals surface area contributed by atoms with Gasteiger partial charge in [0.2, 0.25) is 5.91 Å². The molecule has 0 unspecified atom stereocenters. The van der Waals surface area contributed by atoms with Gasteiger partial charge in [0.1, 0.15) is 19.2 Å². The molecule has 8 heteroatoms. The monoisotopic (exact) mass is 318 g/mol. The number of hydrogen-bond acceptors (Lipinski definition) is 5. The Balaban J connectivity index is 1.98. The van der Waals surface area contributed by atoms with Crippen LogP contribution in [0.5, 0.6) is 0 Å². The fourth-order valence-corrected chi connectivity index (χ4v) is 2.23. The van der Waals surface area contributed by atoms with Crippen molar-refractivity contribution in [2.24, 2.45) is 0 Å². The minimum Gasteiger partial charge on any atom is -0.352 e. The number of carbonyl (C=O) groups excluding carboxylic acids is 1. The van der Waals surface area contributed by atoms with E-state index in [0.29, 0.717) is 5.82 Å². The molecule has 1 amide bonds. The van der Waals surface area contributed by atoms with E-state index >= 15 is 0 Å². The van der Waals surface area contributed by atoms with Gasteiger partial charge in [-0.1, -0.05) is 26.2 Å². The average molecular weight is 318 g/mol. The highest BCUT2D eigenvalue weighted by atomic mass is 16.2. The number of hydrogen-bond donors (Lipinski definition) is 1. The van der Waals surface area contributed by atoms with Crippen molar-refractivity contribution in [2.75, 3.05) is 0 Å². The second kappa shape index (κ2) is 8.21. The van der Waals surface area contributed by atoms with E-state index in [0.717, 1.165) is 30.4 Å². The average Bonchev–Trinajstić information content (AvgIpc) is 3.04. The molecule has 0 spiro atoms. The molecule has 0 bridgehead atoms. The third-order valence-corrected chi connectivity index (χ3v) is 3.45. The third kappa shape index (κ3) is 5.01. The molecule has 2 aromatic heterocycles. The second-order valence-electron chi connectivity index (χ2n) is 5.49. The minimum atomic E-state index is -0.331. The third-order valence-electron chi connectivity index (χ3n) is 3.45. The molecule has 0 saturated heterocycles. The first kappa shape index (κ1) is 16.9. The minimum absolute atomic E-state index is 0.0863. The number of nitrogens with zero attached hydrogens (tertiary/aromatic N) is 5. The topological polar surface area (TPSA) is 94.7 Å². The summed E-state index contributed by atoms with van der Waals surface area (Å²) in [5, 5.41) is 11.0. The first-order valence-electron chi connectivity index (χ1n) is 7.82. The molecule has 124 valence electrons. The zero-order valence-corrected chi connectivity index (χ0v) is 13.5. The maximum Gasteiger partial charge on any atom is 0.267 e. The molecule has 2 heterocycles. The van der Waals surface area contributed by atoms with Crippen molar-refractivity contribution < 1.29 is 4.79 Å². The molecule has 2 rings (SSSR count). The molecule has 0 aliphatic heterocycles. The largest absolute Gasteiger partial charge is 0.352 e. The summed E-state index contributed by atoms with van der Waals surface area (Å²) in [6.07, 6.45) is 7.17. The van der Waals surface area contributed by atoms with Crippen molar-refractivity contribution in [3.8, 4) is 5.82 Å². The van der Waals surface area contributed by atoms with E-state index in [1.165, 1.54) is 23.4 Å². The van der Waals surface area contributed by atoms with E-state index in [1.54, 1.807) is 6.07 Å². The molecule has 0 aliphatic carbocycles. The van der Waals surface area contributed by atoms with Crippen LogP contribution in [0.3, 0.4) is 0 Å². The summed E-state index contributed by atoms with van der Waals surface area (Å²) in [5.74, 6) is 0.213. The fourth-order valence-electron chi connectivity index (χ4n) is 2.23. The van der Waals surface area contributed by atoms with Crippen molar-refractivity contribution in [3.63, 3.8) is 0 Å². The van der Waals surface area contributed by atoms with Crippen molar-refractivity contribution in [2.45, 2.75) is 52.1 Å². The molecule has 2 aromatic rings. The number of carbonyl (C=O) groups is 1. The van der Waals surface area contributed by atoms with Crippen LogP contribution in [-0.4, -0.2) is 36.5 Å².